The van der Waals surface area contributed by atoms with Gasteiger partial charge in [-0.05, 0) is 66.2 Å². The Hall–Kier alpha value is -3.89. The lowest BCUT2D eigenvalue weighted by Gasteiger charge is -2.05. The van der Waals surface area contributed by atoms with E-state index in [2.05, 4.69) is 0 Å². The smallest absolute Gasteiger partial charge is 0.150 e. The Balaban J connectivity index is 0.000000191. The number of phenolic OH excluding ortho intramolecular Hbond substituents is 1. The SMILES string of the molecule is Clc1ccccc1.O=Cc1ccc(O)cc1.O=Cc1ccc(OCc2ccccc2)cc1. The van der Waals surface area contributed by atoms with E-state index in [1.165, 1.54) is 12.1 Å². The van der Waals surface area contributed by atoms with Crippen LogP contribution in [-0.4, -0.2) is 17.7 Å². The molecule has 0 radical (unpaired) electrons. The van der Waals surface area contributed by atoms with E-state index in [9.17, 15) is 9.59 Å². The summed E-state index contributed by atoms with van der Waals surface area (Å²) in [4.78, 5) is 20.5. The first-order valence-corrected chi connectivity index (χ1v) is 10.1. The Morgan fingerprint density at radius 3 is 1.56 bits per heavy atom. The third-order valence-corrected chi connectivity index (χ3v) is 4.28. The summed E-state index contributed by atoms with van der Waals surface area (Å²) in [7, 11) is 0. The molecule has 4 rings (SSSR count). The Morgan fingerprint density at radius 2 is 1.12 bits per heavy atom. The standard InChI is InChI=1S/C14H12O2.C7H6O2.C6H5Cl/c15-10-12-6-8-14(9-7-12)16-11-13-4-2-1-3-5-13;8-5-6-1-3-7(9)4-2-6;7-6-4-2-1-3-5-6/h1-10H,11H2;1-5,9H;1-5H. The highest BCUT2D eigenvalue weighted by atomic mass is 35.5. The van der Waals surface area contributed by atoms with Crippen LogP contribution >= 0.6 is 11.6 Å². The molecule has 0 aliphatic carbocycles. The molecule has 1 N–H and O–H groups in total. The Kier molecular flexibility index (Phi) is 10.8. The summed E-state index contributed by atoms with van der Waals surface area (Å²) >= 11 is 5.54. The number of aromatic hydroxyl groups is 1. The van der Waals surface area contributed by atoms with Crippen molar-refractivity contribution in [1.82, 2.24) is 0 Å². The number of aldehydes is 2. The van der Waals surface area contributed by atoms with E-state index in [4.69, 9.17) is 21.4 Å². The number of phenols is 1. The highest BCUT2D eigenvalue weighted by Gasteiger charge is 1.95. The summed E-state index contributed by atoms with van der Waals surface area (Å²) in [6, 6.07) is 32.6. The van der Waals surface area contributed by atoms with Gasteiger partial charge in [0.1, 0.15) is 30.7 Å². The number of carbonyl (C=O) groups is 2. The first-order chi connectivity index (χ1) is 15.6. The molecule has 0 aliphatic heterocycles. The maximum atomic E-state index is 10.5. The Morgan fingerprint density at radius 1 is 0.656 bits per heavy atom. The molecule has 0 unspecified atom stereocenters. The normalized spacial score (nSPS) is 9.28. The van der Waals surface area contributed by atoms with E-state index >= 15 is 0 Å². The molecule has 4 nitrogen and oxygen atoms in total. The molecule has 0 saturated heterocycles. The van der Waals surface area contributed by atoms with Gasteiger partial charge in [0, 0.05) is 16.1 Å². The molecule has 5 heteroatoms. The summed E-state index contributed by atoms with van der Waals surface area (Å²) < 4.78 is 5.58. The molecule has 32 heavy (non-hydrogen) atoms. The van der Waals surface area contributed by atoms with Crippen molar-refractivity contribution in [1.29, 1.82) is 0 Å². The van der Waals surface area contributed by atoms with Crippen LogP contribution in [0.5, 0.6) is 11.5 Å². The molecular formula is C27H23ClO4. The summed E-state index contributed by atoms with van der Waals surface area (Å²) in [5, 5.41) is 9.53. The fourth-order valence-corrected chi connectivity index (χ4v) is 2.50. The quantitative estimate of drug-likeness (QED) is 0.350. The number of benzene rings is 4. The monoisotopic (exact) mass is 446 g/mol. The fourth-order valence-electron chi connectivity index (χ4n) is 2.35. The lowest BCUT2D eigenvalue weighted by Crippen LogP contribution is -1.94. The number of carbonyl (C=O) groups excluding carboxylic acids is 2. The van der Waals surface area contributed by atoms with E-state index in [1.807, 2.05) is 60.7 Å². The fraction of sp³-hybridized carbons (Fsp3) is 0.0370. The van der Waals surface area contributed by atoms with Crippen LogP contribution in [0, 0.1) is 0 Å². The van der Waals surface area contributed by atoms with Crippen LogP contribution in [0.2, 0.25) is 5.02 Å². The third kappa shape index (κ3) is 9.74. The van der Waals surface area contributed by atoms with Gasteiger partial charge in [0.05, 0.1) is 0 Å². The lowest BCUT2D eigenvalue weighted by molar-refractivity contribution is 0.111. The van der Waals surface area contributed by atoms with E-state index in [0.717, 1.165) is 28.9 Å². The molecule has 0 saturated carbocycles. The number of rotatable bonds is 5. The van der Waals surface area contributed by atoms with Crippen LogP contribution in [-0.2, 0) is 6.61 Å². The summed E-state index contributed by atoms with van der Waals surface area (Å²) in [5.74, 6) is 0.954. The van der Waals surface area contributed by atoms with Crippen LogP contribution in [0.15, 0.2) is 109 Å². The molecule has 0 fully saturated rings. The molecule has 0 atom stereocenters. The van der Waals surface area contributed by atoms with Gasteiger partial charge in [0.2, 0.25) is 0 Å². The summed E-state index contributed by atoms with van der Waals surface area (Å²) in [6.45, 7) is 0.543. The van der Waals surface area contributed by atoms with Crippen molar-refractivity contribution < 1.29 is 19.4 Å². The first-order valence-electron chi connectivity index (χ1n) is 9.77. The molecule has 0 aromatic heterocycles. The van der Waals surface area contributed by atoms with E-state index in [-0.39, 0.29) is 5.75 Å². The molecule has 162 valence electrons. The minimum atomic E-state index is 0.181. The van der Waals surface area contributed by atoms with E-state index in [1.54, 1.807) is 36.4 Å². The topological polar surface area (TPSA) is 63.6 Å². The highest BCUT2D eigenvalue weighted by molar-refractivity contribution is 6.30. The van der Waals surface area contributed by atoms with Gasteiger partial charge in [0.25, 0.3) is 0 Å². The van der Waals surface area contributed by atoms with Gasteiger partial charge in [0.15, 0.2) is 0 Å². The molecule has 0 bridgehead atoms. The van der Waals surface area contributed by atoms with Crippen molar-refractivity contribution in [2.24, 2.45) is 0 Å². The number of ether oxygens (including phenoxy) is 1. The molecule has 4 aromatic rings. The van der Waals surface area contributed by atoms with Gasteiger partial charge in [-0.3, -0.25) is 9.59 Å². The van der Waals surface area contributed by atoms with Crippen molar-refractivity contribution in [3.63, 3.8) is 0 Å². The van der Waals surface area contributed by atoms with Crippen LogP contribution in [0.1, 0.15) is 26.3 Å². The summed E-state index contributed by atoms with van der Waals surface area (Å²) in [5.41, 5.74) is 2.36. The van der Waals surface area contributed by atoms with Crippen molar-refractivity contribution >= 4 is 24.2 Å². The van der Waals surface area contributed by atoms with Crippen molar-refractivity contribution in [2.45, 2.75) is 6.61 Å². The number of halogens is 1. The molecular weight excluding hydrogens is 424 g/mol. The maximum Gasteiger partial charge on any atom is 0.150 e. The predicted molar refractivity (Wildman–Crippen MR) is 128 cm³/mol. The average Bonchev–Trinajstić information content (AvgIpc) is 2.85. The first kappa shape index (κ1) is 24.4. The maximum absolute atomic E-state index is 10.5. The second kappa shape index (κ2) is 14.2. The van der Waals surface area contributed by atoms with Crippen molar-refractivity contribution in [3.8, 4) is 11.5 Å². The van der Waals surface area contributed by atoms with Gasteiger partial charge in [-0.2, -0.15) is 0 Å². The van der Waals surface area contributed by atoms with E-state index in [0.29, 0.717) is 17.7 Å². The summed E-state index contributed by atoms with van der Waals surface area (Å²) in [6.07, 6.45) is 1.56. The van der Waals surface area contributed by atoms with Gasteiger partial charge >= 0.3 is 0 Å². The second-order valence-corrected chi connectivity index (χ2v) is 6.90. The van der Waals surface area contributed by atoms with Crippen LogP contribution in [0.25, 0.3) is 0 Å². The molecule has 0 amide bonds. The van der Waals surface area contributed by atoms with Gasteiger partial charge in [-0.1, -0.05) is 60.1 Å². The Bertz CT molecular complexity index is 1050. The second-order valence-electron chi connectivity index (χ2n) is 6.47. The average molecular weight is 447 g/mol. The zero-order chi connectivity index (χ0) is 23.0. The van der Waals surface area contributed by atoms with Crippen molar-refractivity contribution in [3.05, 3.63) is 131 Å². The zero-order valence-electron chi connectivity index (χ0n) is 17.3. The molecule has 0 aliphatic rings. The van der Waals surface area contributed by atoms with Crippen LogP contribution in [0.3, 0.4) is 0 Å². The number of hydrogen-bond donors (Lipinski definition) is 1. The molecule has 0 spiro atoms. The Labute approximate surface area is 192 Å². The zero-order valence-corrected chi connectivity index (χ0v) is 18.1. The number of hydrogen-bond acceptors (Lipinski definition) is 4. The van der Waals surface area contributed by atoms with Gasteiger partial charge in [-0.25, -0.2) is 0 Å². The largest absolute Gasteiger partial charge is 0.508 e. The highest BCUT2D eigenvalue weighted by Crippen LogP contribution is 2.13. The lowest BCUT2D eigenvalue weighted by atomic mass is 10.2. The third-order valence-electron chi connectivity index (χ3n) is 4.03. The molecule has 0 heterocycles. The minimum absolute atomic E-state index is 0.181. The van der Waals surface area contributed by atoms with Crippen LogP contribution < -0.4 is 4.74 Å². The van der Waals surface area contributed by atoms with E-state index < -0.39 is 0 Å². The molecule has 4 aromatic carbocycles. The predicted octanol–water partition coefficient (Wildman–Crippen LogP) is 6.62. The minimum Gasteiger partial charge on any atom is -0.508 e. The van der Waals surface area contributed by atoms with Crippen LogP contribution in [0.4, 0.5) is 0 Å². The van der Waals surface area contributed by atoms with Gasteiger partial charge in [-0.15, -0.1) is 0 Å². The van der Waals surface area contributed by atoms with Crippen molar-refractivity contribution in [2.75, 3.05) is 0 Å². The van der Waals surface area contributed by atoms with Gasteiger partial charge < -0.3 is 9.84 Å².